The molecule has 0 spiro atoms. The van der Waals surface area contributed by atoms with Gasteiger partial charge in [-0.05, 0) is 36.1 Å². The Kier molecular flexibility index (Phi) is 3.87. The van der Waals surface area contributed by atoms with Gasteiger partial charge >= 0.3 is 0 Å². The molecule has 2 unspecified atom stereocenters. The molecule has 1 aromatic heterocycles. The van der Waals surface area contributed by atoms with Crippen LogP contribution in [0.3, 0.4) is 0 Å². The monoisotopic (exact) mass is 441 g/mol. The first-order chi connectivity index (χ1) is 13.0. The molecule has 3 atom stereocenters. The minimum atomic E-state index is -1.21. The summed E-state index contributed by atoms with van der Waals surface area (Å²) >= 11 is 9.66. The van der Waals surface area contributed by atoms with Gasteiger partial charge in [-0.1, -0.05) is 70.0 Å². The van der Waals surface area contributed by atoms with E-state index in [9.17, 15) is 5.11 Å². The Morgan fingerprint density at radius 1 is 1.11 bits per heavy atom. The summed E-state index contributed by atoms with van der Waals surface area (Å²) in [5.74, 6) is 0.561. The van der Waals surface area contributed by atoms with Crippen LogP contribution in [0.4, 0.5) is 0 Å². The van der Waals surface area contributed by atoms with Crippen molar-refractivity contribution in [1.82, 2.24) is 4.98 Å². The third-order valence-corrected chi connectivity index (χ3v) is 6.59. The highest BCUT2D eigenvalue weighted by molar-refractivity contribution is 9.10. The van der Waals surface area contributed by atoms with Gasteiger partial charge in [0.25, 0.3) is 0 Å². The van der Waals surface area contributed by atoms with Crippen molar-refractivity contribution >= 4 is 27.5 Å². The summed E-state index contributed by atoms with van der Waals surface area (Å²) in [5, 5.41) is 12.4. The number of hydrogen-bond acceptors (Lipinski definition) is 3. The maximum absolute atomic E-state index is 11.9. The van der Waals surface area contributed by atoms with E-state index in [2.05, 4.69) is 33.0 Å². The lowest BCUT2D eigenvalue weighted by Gasteiger charge is -2.39. The van der Waals surface area contributed by atoms with Crippen molar-refractivity contribution in [2.45, 2.75) is 30.0 Å². The van der Waals surface area contributed by atoms with Crippen LogP contribution in [0, 0.1) is 0 Å². The third-order valence-electron chi connectivity index (χ3n) is 5.86. The first-order valence-electron chi connectivity index (χ1n) is 8.93. The van der Waals surface area contributed by atoms with E-state index in [0.717, 1.165) is 22.0 Å². The normalized spacial score (nSPS) is 28.5. The van der Waals surface area contributed by atoms with Gasteiger partial charge in [0.05, 0.1) is 5.02 Å². The van der Waals surface area contributed by atoms with E-state index in [4.69, 9.17) is 16.3 Å². The predicted octanol–water partition coefficient (Wildman–Crippen LogP) is 5.55. The second-order valence-corrected chi connectivity index (χ2v) is 8.56. The summed E-state index contributed by atoms with van der Waals surface area (Å²) < 4.78 is 7.57. The number of rotatable bonds is 2. The van der Waals surface area contributed by atoms with E-state index < -0.39 is 11.2 Å². The maximum atomic E-state index is 11.9. The van der Waals surface area contributed by atoms with E-state index >= 15 is 0 Å². The smallest absolute Gasteiger partial charge is 0.175 e. The molecule has 0 bridgehead atoms. The second kappa shape index (κ2) is 6.06. The maximum Gasteiger partial charge on any atom is 0.175 e. The van der Waals surface area contributed by atoms with Crippen LogP contribution in [-0.4, -0.2) is 10.1 Å². The molecule has 3 nitrogen and oxygen atoms in total. The van der Waals surface area contributed by atoms with Gasteiger partial charge in [-0.25, -0.2) is 0 Å². The van der Waals surface area contributed by atoms with Gasteiger partial charge in [-0.2, -0.15) is 0 Å². The minimum absolute atomic E-state index is 0.00199. The molecule has 136 valence electrons. The highest BCUT2D eigenvalue weighted by Crippen LogP contribution is 2.66. The molecule has 1 aliphatic carbocycles. The number of pyridine rings is 1. The van der Waals surface area contributed by atoms with E-state index in [1.54, 1.807) is 12.3 Å². The zero-order valence-corrected chi connectivity index (χ0v) is 16.7. The molecular weight excluding hydrogens is 426 g/mol. The van der Waals surface area contributed by atoms with Crippen molar-refractivity contribution in [3.8, 4) is 5.75 Å². The summed E-state index contributed by atoms with van der Waals surface area (Å²) in [7, 11) is 0. The highest BCUT2D eigenvalue weighted by atomic mass is 79.9. The SMILES string of the molecule is O[C@@]12CCC(c3ccccc3)C1(c1ccc(Br)cc1)Oc1cc(Cl)cnc12. The fourth-order valence-corrected chi connectivity index (χ4v) is 5.16. The second-order valence-electron chi connectivity index (χ2n) is 7.21. The number of aromatic nitrogens is 1. The first kappa shape index (κ1) is 17.2. The summed E-state index contributed by atoms with van der Waals surface area (Å²) in [6, 6.07) is 20.0. The lowest BCUT2D eigenvalue weighted by molar-refractivity contribution is -0.107. The topological polar surface area (TPSA) is 42.4 Å². The zero-order valence-electron chi connectivity index (χ0n) is 14.4. The molecule has 5 heteroatoms. The molecule has 2 aromatic carbocycles. The van der Waals surface area contributed by atoms with Crippen LogP contribution in [-0.2, 0) is 11.2 Å². The van der Waals surface area contributed by atoms with Gasteiger partial charge in [0.1, 0.15) is 11.4 Å². The Hall–Kier alpha value is -1.88. The Morgan fingerprint density at radius 2 is 1.85 bits per heavy atom. The Morgan fingerprint density at radius 3 is 2.59 bits per heavy atom. The van der Waals surface area contributed by atoms with E-state index in [1.165, 1.54) is 0 Å². The van der Waals surface area contributed by atoms with Crippen molar-refractivity contribution in [2.75, 3.05) is 0 Å². The van der Waals surface area contributed by atoms with Crippen molar-refractivity contribution in [2.24, 2.45) is 0 Å². The third kappa shape index (κ3) is 2.33. The first-order valence-corrected chi connectivity index (χ1v) is 10.1. The molecule has 1 fully saturated rings. The van der Waals surface area contributed by atoms with Crippen LogP contribution in [0.2, 0.25) is 5.02 Å². The van der Waals surface area contributed by atoms with Crippen LogP contribution in [0.25, 0.3) is 0 Å². The molecule has 0 amide bonds. The van der Waals surface area contributed by atoms with Crippen LogP contribution in [0.1, 0.15) is 35.6 Å². The van der Waals surface area contributed by atoms with E-state index in [0.29, 0.717) is 22.9 Å². The lowest BCUT2D eigenvalue weighted by Crippen LogP contribution is -2.48. The molecule has 1 saturated carbocycles. The van der Waals surface area contributed by atoms with Crippen molar-refractivity contribution in [1.29, 1.82) is 0 Å². The largest absolute Gasteiger partial charge is 0.476 e. The zero-order chi connectivity index (χ0) is 18.6. The standard InChI is InChI=1S/C22H17BrClNO2/c23-16-8-6-15(7-9-16)22-18(14-4-2-1-3-5-14)10-11-21(22,26)20-19(27-22)12-17(24)13-25-20/h1-9,12-13,18,26H,10-11H2/t18?,21-,22?/m1/s1. The average molecular weight is 443 g/mol. The highest BCUT2D eigenvalue weighted by Gasteiger charge is 2.69. The predicted molar refractivity (Wildman–Crippen MR) is 108 cm³/mol. The Balaban J connectivity index is 1.77. The molecule has 0 saturated heterocycles. The molecule has 1 N–H and O–H groups in total. The van der Waals surface area contributed by atoms with Gasteiger partial charge in [0.2, 0.25) is 0 Å². The number of ether oxygens (including phenoxy) is 1. The fraction of sp³-hybridized carbons (Fsp3) is 0.227. The van der Waals surface area contributed by atoms with Crippen molar-refractivity contribution in [3.05, 3.63) is 93.2 Å². The molecule has 0 radical (unpaired) electrons. The van der Waals surface area contributed by atoms with Crippen LogP contribution in [0.15, 0.2) is 71.3 Å². The number of halogens is 2. The quantitative estimate of drug-likeness (QED) is 0.566. The summed E-state index contributed by atoms with van der Waals surface area (Å²) in [4.78, 5) is 4.47. The summed E-state index contributed by atoms with van der Waals surface area (Å²) in [6.07, 6.45) is 2.96. The van der Waals surface area contributed by atoms with Gasteiger partial charge < -0.3 is 9.84 Å². The summed E-state index contributed by atoms with van der Waals surface area (Å²) in [5.41, 5.74) is 0.522. The molecule has 27 heavy (non-hydrogen) atoms. The molecule has 2 heterocycles. The Bertz CT molecular complexity index is 1010. The number of aliphatic hydroxyl groups is 1. The van der Waals surface area contributed by atoms with E-state index in [1.807, 2.05) is 42.5 Å². The van der Waals surface area contributed by atoms with Crippen molar-refractivity contribution < 1.29 is 9.84 Å². The van der Waals surface area contributed by atoms with Gasteiger partial charge in [0, 0.05) is 22.7 Å². The number of benzene rings is 2. The average Bonchev–Trinajstić information content (AvgIpc) is 3.10. The summed E-state index contributed by atoms with van der Waals surface area (Å²) in [6.45, 7) is 0. The van der Waals surface area contributed by atoms with E-state index in [-0.39, 0.29) is 5.92 Å². The number of fused-ring (bicyclic) bond motifs is 3. The number of nitrogens with zero attached hydrogens (tertiary/aromatic N) is 1. The number of hydrogen-bond donors (Lipinski definition) is 1. The van der Waals surface area contributed by atoms with Gasteiger partial charge in [-0.15, -0.1) is 0 Å². The van der Waals surface area contributed by atoms with Crippen LogP contribution >= 0.6 is 27.5 Å². The van der Waals surface area contributed by atoms with Gasteiger partial charge in [0.15, 0.2) is 11.2 Å². The minimum Gasteiger partial charge on any atom is -0.476 e. The fourth-order valence-electron chi connectivity index (χ4n) is 4.75. The van der Waals surface area contributed by atoms with Gasteiger partial charge in [-0.3, -0.25) is 4.98 Å². The van der Waals surface area contributed by atoms with Crippen LogP contribution in [0.5, 0.6) is 5.75 Å². The van der Waals surface area contributed by atoms with Crippen LogP contribution < -0.4 is 4.74 Å². The van der Waals surface area contributed by atoms with Crippen molar-refractivity contribution in [3.63, 3.8) is 0 Å². The lowest BCUT2D eigenvalue weighted by atomic mass is 9.73. The molecule has 1 aliphatic heterocycles. The molecular formula is C22H17BrClNO2. The molecule has 3 aromatic rings. The molecule has 5 rings (SSSR count). The molecule has 2 aliphatic rings. The Labute approximate surface area is 171 Å².